The molecule has 5 heteroatoms. The number of benzene rings is 1. The molecule has 1 unspecified atom stereocenters. The molecule has 0 aliphatic heterocycles. The number of nitrogens with zero attached hydrogens (tertiary/aromatic N) is 1. The lowest BCUT2D eigenvalue weighted by Gasteiger charge is -2.12. The third-order valence-electron chi connectivity index (χ3n) is 2.12. The summed E-state index contributed by atoms with van der Waals surface area (Å²) in [5.41, 5.74) is 5.41. The molecule has 0 saturated carbocycles. The fourth-order valence-corrected chi connectivity index (χ4v) is 1.15. The van der Waals surface area contributed by atoms with E-state index in [2.05, 4.69) is 10.5 Å². The summed E-state index contributed by atoms with van der Waals surface area (Å²) in [4.78, 5) is 0. The first-order valence-electron chi connectivity index (χ1n) is 5.12. The molecule has 1 aromatic carbocycles. The van der Waals surface area contributed by atoms with Crippen molar-refractivity contribution in [3.63, 3.8) is 0 Å². The molecular formula is C11H17N3O2. The second kappa shape index (κ2) is 6.68. The van der Waals surface area contributed by atoms with Gasteiger partial charge in [-0.05, 0) is 19.1 Å². The Morgan fingerprint density at radius 3 is 2.81 bits per heavy atom. The highest BCUT2D eigenvalue weighted by molar-refractivity contribution is 5.84. The van der Waals surface area contributed by atoms with Gasteiger partial charge in [0.05, 0.1) is 6.04 Å². The van der Waals surface area contributed by atoms with Crippen LogP contribution in [0, 0.1) is 0 Å². The summed E-state index contributed by atoms with van der Waals surface area (Å²) in [7, 11) is 0. The van der Waals surface area contributed by atoms with Crippen LogP contribution in [0.15, 0.2) is 35.5 Å². The minimum atomic E-state index is -0.163. The molecule has 4 N–H and O–H groups in total. The number of hydrogen-bond acceptors (Lipinski definition) is 4. The number of rotatable bonds is 6. The molecule has 1 atom stereocenters. The summed E-state index contributed by atoms with van der Waals surface area (Å²) in [6, 6.07) is 9.40. The number of para-hydroxylation sites is 1. The highest BCUT2D eigenvalue weighted by Gasteiger charge is 2.05. The maximum absolute atomic E-state index is 8.43. The molecule has 0 amide bonds. The molecule has 0 aliphatic rings. The zero-order chi connectivity index (χ0) is 11.8. The van der Waals surface area contributed by atoms with Crippen molar-refractivity contribution in [3.05, 3.63) is 30.3 Å². The molecule has 0 fully saturated rings. The quantitative estimate of drug-likeness (QED) is 0.219. The van der Waals surface area contributed by atoms with E-state index in [1.54, 1.807) is 0 Å². The van der Waals surface area contributed by atoms with Crippen molar-refractivity contribution in [2.24, 2.45) is 10.9 Å². The summed E-state index contributed by atoms with van der Waals surface area (Å²) in [5.74, 6) is 1.00. The van der Waals surface area contributed by atoms with Gasteiger partial charge in [-0.25, -0.2) is 0 Å². The van der Waals surface area contributed by atoms with E-state index in [1.165, 1.54) is 0 Å². The van der Waals surface area contributed by atoms with Gasteiger partial charge in [-0.3, -0.25) is 0 Å². The van der Waals surface area contributed by atoms with Crippen molar-refractivity contribution in [2.75, 3.05) is 13.2 Å². The van der Waals surface area contributed by atoms with E-state index in [4.69, 9.17) is 15.7 Å². The Morgan fingerprint density at radius 2 is 2.19 bits per heavy atom. The highest BCUT2D eigenvalue weighted by Crippen LogP contribution is 2.07. The zero-order valence-corrected chi connectivity index (χ0v) is 9.26. The largest absolute Gasteiger partial charge is 0.492 e. The lowest BCUT2D eigenvalue weighted by Crippen LogP contribution is -2.40. The lowest BCUT2D eigenvalue weighted by molar-refractivity contribution is 0.305. The molecule has 16 heavy (non-hydrogen) atoms. The molecule has 0 bridgehead atoms. The molecule has 0 aliphatic carbocycles. The predicted molar refractivity (Wildman–Crippen MR) is 62.8 cm³/mol. The molecule has 5 nitrogen and oxygen atoms in total. The molecule has 1 aromatic rings. The third kappa shape index (κ3) is 4.18. The summed E-state index contributed by atoms with van der Waals surface area (Å²) in [6.45, 7) is 2.98. The van der Waals surface area contributed by atoms with E-state index in [9.17, 15) is 0 Å². The van der Waals surface area contributed by atoms with Crippen LogP contribution >= 0.6 is 0 Å². The number of ether oxygens (including phenoxy) is 1. The van der Waals surface area contributed by atoms with E-state index in [0.717, 1.165) is 5.75 Å². The van der Waals surface area contributed by atoms with Gasteiger partial charge in [-0.15, -0.1) is 0 Å². The maximum Gasteiger partial charge on any atom is 0.156 e. The molecule has 0 aromatic heterocycles. The van der Waals surface area contributed by atoms with Crippen LogP contribution in [0.4, 0.5) is 0 Å². The molecule has 0 heterocycles. The van der Waals surface area contributed by atoms with E-state index in [-0.39, 0.29) is 11.9 Å². The summed E-state index contributed by atoms with van der Waals surface area (Å²) >= 11 is 0. The number of hydrogen-bond donors (Lipinski definition) is 3. The molecule has 1 rings (SSSR count). The summed E-state index contributed by atoms with van der Waals surface area (Å²) in [5, 5.41) is 14.4. The van der Waals surface area contributed by atoms with Gasteiger partial charge in [0, 0.05) is 6.54 Å². The third-order valence-corrected chi connectivity index (χ3v) is 2.12. The Kier molecular flexibility index (Phi) is 5.15. The minimum Gasteiger partial charge on any atom is -0.492 e. The molecule has 0 radical (unpaired) electrons. The smallest absolute Gasteiger partial charge is 0.156 e. The van der Waals surface area contributed by atoms with Gasteiger partial charge in [-0.2, -0.15) is 0 Å². The Morgan fingerprint density at radius 1 is 1.50 bits per heavy atom. The van der Waals surface area contributed by atoms with Crippen LogP contribution < -0.4 is 15.8 Å². The Labute approximate surface area is 94.9 Å². The van der Waals surface area contributed by atoms with Crippen molar-refractivity contribution in [1.82, 2.24) is 5.32 Å². The van der Waals surface area contributed by atoms with Gasteiger partial charge in [-0.1, -0.05) is 23.4 Å². The first kappa shape index (κ1) is 12.3. The highest BCUT2D eigenvalue weighted by atomic mass is 16.5. The van der Waals surface area contributed by atoms with Crippen LogP contribution in [0.25, 0.3) is 0 Å². The van der Waals surface area contributed by atoms with Gasteiger partial charge < -0.3 is 21.0 Å². The summed E-state index contributed by atoms with van der Waals surface area (Å²) < 4.78 is 5.46. The van der Waals surface area contributed by atoms with Crippen LogP contribution in [-0.4, -0.2) is 30.2 Å². The average molecular weight is 223 g/mol. The van der Waals surface area contributed by atoms with Crippen molar-refractivity contribution in [3.8, 4) is 5.75 Å². The van der Waals surface area contributed by atoms with Gasteiger partial charge in [0.25, 0.3) is 0 Å². The SMILES string of the molecule is CC(NCCOc1ccccc1)C(N)=NO. The van der Waals surface area contributed by atoms with Gasteiger partial charge >= 0.3 is 0 Å². The van der Waals surface area contributed by atoms with Gasteiger partial charge in [0.1, 0.15) is 12.4 Å². The second-order valence-electron chi connectivity index (χ2n) is 3.36. The van der Waals surface area contributed by atoms with Crippen molar-refractivity contribution in [1.29, 1.82) is 0 Å². The van der Waals surface area contributed by atoms with Gasteiger partial charge in [0.15, 0.2) is 5.84 Å². The van der Waals surface area contributed by atoms with Crippen LogP contribution in [0.1, 0.15) is 6.92 Å². The monoisotopic (exact) mass is 223 g/mol. The number of nitrogens with two attached hydrogens (primary N) is 1. The maximum atomic E-state index is 8.43. The van der Waals surface area contributed by atoms with Crippen LogP contribution in [0.3, 0.4) is 0 Å². The number of oxime groups is 1. The Hall–Kier alpha value is -1.75. The second-order valence-corrected chi connectivity index (χ2v) is 3.36. The first-order chi connectivity index (χ1) is 7.74. The van der Waals surface area contributed by atoms with Crippen molar-refractivity contribution >= 4 is 5.84 Å². The fourth-order valence-electron chi connectivity index (χ4n) is 1.15. The van der Waals surface area contributed by atoms with Crippen LogP contribution in [0.2, 0.25) is 0 Å². The van der Waals surface area contributed by atoms with E-state index >= 15 is 0 Å². The Bertz CT molecular complexity index is 327. The predicted octanol–water partition coefficient (Wildman–Crippen LogP) is 0.790. The number of amidine groups is 1. The van der Waals surface area contributed by atoms with Crippen LogP contribution in [-0.2, 0) is 0 Å². The van der Waals surface area contributed by atoms with Crippen molar-refractivity contribution < 1.29 is 9.94 Å². The standard InChI is InChI=1S/C11H17N3O2/c1-9(11(12)14-15)13-7-8-16-10-5-3-2-4-6-10/h2-6,9,13,15H,7-8H2,1H3,(H2,12,14). The van der Waals surface area contributed by atoms with Crippen LogP contribution in [0.5, 0.6) is 5.75 Å². The van der Waals surface area contributed by atoms with E-state index in [0.29, 0.717) is 13.2 Å². The zero-order valence-electron chi connectivity index (χ0n) is 9.26. The normalized spacial score (nSPS) is 13.4. The minimum absolute atomic E-state index is 0.163. The van der Waals surface area contributed by atoms with Gasteiger partial charge in [0.2, 0.25) is 0 Å². The van der Waals surface area contributed by atoms with Crippen molar-refractivity contribution in [2.45, 2.75) is 13.0 Å². The molecule has 88 valence electrons. The number of nitrogens with one attached hydrogen (secondary N) is 1. The molecule has 0 spiro atoms. The molecule has 0 saturated heterocycles. The summed E-state index contributed by atoms with van der Waals surface area (Å²) in [6.07, 6.45) is 0. The fraction of sp³-hybridized carbons (Fsp3) is 0.364. The topological polar surface area (TPSA) is 79.9 Å². The first-order valence-corrected chi connectivity index (χ1v) is 5.12. The average Bonchev–Trinajstić information content (AvgIpc) is 2.34. The van der Waals surface area contributed by atoms with E-state index < -0.39 is 0 Å². The lowest BCUT2D eigenvalue weighted by atomic mass is 10.3. The molecular weight excluding hydrogens is 206 g/mol. The van der Waals surface area contributed by atoms with E-state index in [1.807, 2.05) is 37.3 Å². The Balaban J connectivity index is 2.17.